The van der Waals surface area contributed by atoms with Gasteiger partial charge in [-0.15, -0.1) is 0 Å². The van der Waals surface area contributed by atoms with E-state index < -0.39 is 16.0 Å². The van der Waals surface area contributed by atoms with Gasteiger partial charge >= 0.3 is 5.97 Å². The quantitative estimate of drug-likeness (QED) is 0.648. The van der Waals surface area contributed by atoms with Crippen LogP contribution in [0.3, 0.4) is 0 Å². The average molecular weight is 320 g/mol. The number of amides is 1. The van der Waals surface area contributed by atoms with Crippen LogP contribution in [0.1, 0.15) is 38.5 Å². The molecule has 1 saturated heterocycles. The van der Waals surface area contributed by atoms with Crippen LogP contribution in [0.5, 0.6) is 0 Å². The summed E-state index contributed by atoms with van der Waals surface area (Å²) in [6, 6.07) is 0. The van der Waals surface area contributed by atoms with Gasteiger partial charge in [0.25, 0.3) is 0 Å². The van der Waals surface area contributed by atoms with Crippen LogP contribution in [0, 0.1) is 0 Å². The maximum absolute atomic E-state index is 11.9. The van der Waals surface area contributed by atoms with Gasteiger partial charge in [0.1, 0.15) is 0 Å². The van der Waals surface area contributed by atoms with Crippen molar-refractivity contribution in [1.29, 1.82) is 0 Å². The lowest BCUT2D eigenvalue weighted by Gasteiger charge is -2.26. The van der Waals surface area contributed by atoms with E-state index in [-0.39, 0.29) is 37.5 Å². The largest absolute Gasteiger partial charge is 0.469 e. The molecule has 1 rings (SSSR count). The smallest absolute Gasteiger partial charge is 0.305 e. The molecule has 1 heterocycles. The van der Waals surface area contributed by atoms with Gasteiger partial charge in [-0.05, 0) is 25.7 Å². The SMILES string of the molecule is COC(=O)CCCS(=O)(=O)NCCC(=O)N1CCCCC1. The third-order valence-electron chi connectivity index (χ3n) is 3.39. The third-order valence-corrected chi connectivity index (χ3v) is 4.86. The number of piperidine rings is 1. The standard InChI is InChI=1S/C13H24N2O5S/c1-20-13(17)6-5-11-21(18,19)14-8-7-12(16)15-9-3-2-4-10-15/h14H,2-11H2,1H3. The lowest BCUT2D eigenvalue weighted by Crippen LogP contribution is -2.38. The molecule has 1 aliphatic rings. The Bertz CT molecular complexity index is 443. The number of likely N-dealkylation sites (tertiary alicyclic amines) is 1. The number of hydrogen-bond donors (Lipinski definition) is 1. The van der Waals surface area contributed by atoms with Crippen LogP contribution in [0.2, 0.25) is 0 Å². The fourth-order valence-corrected chi connectivity index (χ4v) is 3.28. The number of hydrogen-bond acceptors (Lipinski definition) is 5. The van der Waals surface area contributed by atoms with Crippen LogP contribution in [0.25, 0.3) is 0 Å². The molecule has 0 atom stereocenters. The van der Waals surface area contributed by atoms with E-state index in [2.05, 4.69) is 9.46 Å². The van der Waals surface area contributed by atoms with E-state index in [4.69, 9.17) is 0 Å². The summed E-state index contributed by atoms with van der Waals surface area (Å²) >= 11 is 0. The first-order valence-corrected chi connectivity index (χ1v) is 8.92. The molecule has 0 unspecified atom stereocenters. The van der Waals surface area contributed by atoms with Crippen LogP contribution < -0.4 is 4.72 Å². The number of rotatable bonds is 8. The number of methoxy groups -OCH3 is 1. The second-order valence-corrected chi connectivity index (χ2v) is 7.01. The number of ether oxygens (including phenoxy) is 1. The third kappa shape index (κ3) is 7.42. The highest BCUT2D eigenvalue weighted by atomic mass is 32.2. The second kappa shape index (κ2) is 8.99. The molecule has 0 aliphatic carbocycles. The van der Waals surface area contributed by atoms with Gasteiger partial charge in [0.15, 0.2) is 0 Å². The molecule has 0 aromatic rings. The molecule has 8 heteroatoms. The molecule has 0 aromatic carbocycles. The zero-order chi connectivity index (χ0) is 15.7. The first-order chi connectivity index (χ1) is 9.94. The van der Waals surface area contributed by atoms with Crippen LogP contribution in [0.4, 0.5) is 0 Å². The van der Waals surface area contributed by atoms with E-state index in [1.54, 1.807) is 4.90 Å². The van der Waals surface area contributed by atoms with Gasteiger partial charge in [0.2, 0.25) is 15.9 Å². The molecule has 21 heavy (non-hydrogen) atoms. The molecule has 0 spiro atoms. The van der Waals surface area contributed by atoms with Gasteiger partial charge < -0.3 is 9.64 Å². The van der Waals surface area contributed by atoms with Crippen molar-refractivity contribution in [2.24, 2.45) is 0 Å². The summed E-state index contributed by atoms with van der Waals surface area (Å²) in [5, 5.41) is 0. The molecule has 1 aliphatic heterocycles. The fraction of sp³-hybridized carbons (Fsp3) is 0.846. The highest BCUT2D eigenvalue weighted by Gasteiger charge is 2.17. The first-order valence-electron chi connectivity index (χ1n) is 7.26. The Morgan fingerprint density at radius 1 is 1.14 bits per heavy atom. The molecule has 7 nitrogen and oxygen atoms in total. The lowest BCUT2D eigenvalue weighted by atomic mass is 10.1. The number of carbonyl (C=O) groups is 2. The van der Waals surface area contributed by atoms with Crippen molar-refractivity contribution in [1.82, 2.24) is 9.62 Å². The van der Waals surface area contributed by atoms with Gasteiger partial charge in [-0.3, -0.25) is 9.59 Å². The van der Waals surface area contributed by atoms with Crippen molar-refractivity contribution in [3.63, 3.8) is 0 Å². The minimum Gasteiger partial charge on any atom is -0.469 e. The zero-order valence-electron chi connectivity index (χ0n) is 12.5. The maximum atomic E-state index is 11.9. The summed E-state index contributed by atoms with van der Waals surface area (Å²) < 4.78 is 30.2. The predicted molar refractivity (Wildman–Crippen MR) is 78.1 cm³/mol. The topological polar surface area (TPSA) is 92.8 Å². The highest BCUT2D eigenvalue weighted by molar-refractivity contribution is 7.89. The molecular weight excluding hydrogens is 296 g/mol. The van der Waals surface area contributed by atoms with E-state index in [0.717, 1.165) is 32.4 Å². The Kier molecular flexibility index (Phi) is 7.66. The van der Waals surface area contributed by atoms with Crippen molar-refractivity contribution >= 4 is 21.9 Å². The van der Waals surface area contributed by atoms with Crippen LogP contribution in [-0.4, -0.2) is 57.7 Å². The predicted octanol–water partition coefficient (Wildman–Crippen LogP) is 0.262. The van der Waals surface area contributed by atoms with Gasteiger partial charge in [-0.2, -0.15) is 0 Å². The number of sulfonamides is 1. The molecule has 0 aromatic heterocycles. The van der Waals surface area contributed by atoms with Gasteiger partial charge in [-0.25, -0.2) is 13.1 Å². The van der Waals surface area contributed by atoms with Crippen molar-refractivity contribution in [2.45, 2.75) is 38.5 Å². The Balaban J connectivity index is 2.20. The highest BCUT2D eigenvalue weighted by Crippen LogP contribution is 2.09. The minimum absolute atomic E-state index is 0.00744. The van der Waals surface area contributed by atoms with Crippen molar-refractivity contribution < 1.29 is 22.7 Å². The van der Waals surface area contributed by atoms with E-state index in [9.17, 15) is 18.0 Å². The number of esters is 1. The van der Waals surface area contributed by atoms with E-state index in [1.807, 2.05) is 0 Å². The number of nitrogens with zero attached hydrogens (tertiary/aromatic N) is 1. The van der Waals surface area contributed by atoms with Crippen LogP contribution >= 0.6 is 0 Å². The molecule has 0 radical (unpaired) electrons. The maximum Gasteiger partial charge on any atom is 0.305 e. The first kappa shape index (κ1) is 17.9. The summed E-state index contributed by atoms with van der Waals surface area (Å²) in [5.74, 6) is -0.572. The Morgan fingerprint density at radius 3 is 2.43 bits per heavy atom. The van der Waals surface area contributed by atoms with Crippen LogP contribution in [0.15, 0.2) is 0 Å². The Morgan fingerprint density at radius 2 is 1.81 bits per heavy atom. The molecule has 0 saturated carbocycles. The van der Waals surface area contributed by atoms with Gasteiger partial charge in [0.05, 0.1) is 12.9 Å². The average Bonchev–Trinajstić information content (AvgIpc) is 2.47. The summed E-state index contributed by atoms with van der Waals surface area (Å²) in [6.07, 6.45) is 3.65. The normalized spacial score (nSPS) is 15.8. The summed E-state index contributed by atoms with van der Waals surface area (Å²) in [5.41, 5.74) is 0. The van der Waals surface area contributed by atoms with Gasteiger partial charge in [-0.1, -0.05) is 0 Å². The van der Waals surface area contributed by atoms with E-state index >= 15 is 0 Å². The number of carbonyl (C=O) groups excluding carboxylic acids is 2. The Labute approximate surface area is 126 Å². The minimum atomic E-state index is -3.44. The zero-order valence-corrected chi connectivity index (χ0v) is 13.3. The summed E-state index contributed by atoms with van der Waals surface area (Å²) in [7, 11) is -2.18. The molecular formula is C13H24N2O5S. The molecule has 0 bridgehead atoms. The van der Waals surface area contributed by atoms with E-state index in [1.165, 1.54) is 7.11 Å². The molecule has 122 valence electrons. The van der Waals surface area contributed by atoms with Gasteiger partial charge in [0, 0.05) is 32.5 Å². The summed E-state index contributed by atoms with van der Waals surface area (Å²) in [4.78, 5) is 24.5. The molecule has 1 N–H and O–H groups in total. The Hall–Kier alpha value is -1.15. The molecule has 1 amide bonds. The van der Waals surface area contributed by atoms with Crippen molar-refractivity contribution in [3.8, 4) is 0 Å². The molecule has 1 fully saturated rings. The number of nitrogens with one attached hydrogen (secondary N) is 1. The fourth-order valence-electron chi connectivity index (χ4n) is 2.20. The van der Waals surface area contributed by atoms with E-state index in [0.29, 0.717) is 0 Å². The van der Waals surface area contributed by atoms with Crippen LogP contribution in [-0.2, 0) is 24.3 Å². The van der Waals surface area contributed by atoms with Crippen molar-refractivity contribution in [2.75, 3.05) is 32.5 Å². The monoisotopic (exact) mass is 320 g/mol. The second-order valence-electron chi connectivity index (χ2n) is 5.08. The summed E-state index contributed by atoms with van der Waals surface area (Å²) in [6.45, 7) is 1.64. The van der Waals surface area contributed by atoms with Crippen molar-refractivity contribution in [3.05, 3.63) is 0 Å². The lowest BCUT2D eigenvalue weighted by molar-refractivity contribution is -0.140.